The predicted molar refractivity (Wildman–Crippen MR) is 147 cm³/mol. The van der Waals surface area contributed by atoms with Crippen molar-refractivity contribution < 1.29 is 9.90 Å². The molecule has 0 aliphatic carbocycles. The van der Waals surface area contributed by atoms with Crippen molar-refractivity contribution in [1.29, 1.82) is 5.26 Å². The molecule has 1 aromatic carbocycles. The molecule has 0 amide bonds. The van der Waals surface area contributed by atoms with E-state index in [1.165, 1.54) is 57.3 Å². The van der Waals surface area contributed by atoms with Crippen LogP contribution in [0.25, 0.3) is 27.6 Å². The molecule has 34 heavy (non-hydrogen) atoms. The van der Waals surface area contributed by atoms with Gasteiger partial charge in [-0.15, -0.1) is 22.7 Å². The van der Waals surface area contributed by atoms with Gasteiger partial charge in [-0.3, -0.25) is 0 Å². The number of carboxylic acids is 1. The van der Waals surface area contributed by atoms with Crippen LogP contribution in [-0.4, -0.2) is 24.2 Å². The van der Waals surface area contributed by atoms with Gasteiger partial charge in [-0.2, -0.15) is 5.26 Å². The maximum atomic E-state index is 10.9. The summed E-state index contributed by atoms with van der Waals surface area (Å²) in [6.45, 7) is 6.71. The number of nitrogens with zero attached hydrogens (tertiary/aromatic N) is 2. The van der Waals surface area contributed by atoms with E-state index in [-0.39, 0.29) is 5.57 Å². The first kappa shape index (κ1) is 25.5. The van der Waals surface area contributed by atoms with Gasteiger partial charge in [0.25, 0.3) is 0 Å². The average Bonchev–Trinajstić information content (AvgIpc) is 3.39. The molecular formula is C28H30N2O2S2. The van der Waals surface area contributed by atoms with Crippen LogP contribution < -0.4 is 4.90 Å². The number of benzene rings is 1. The lowest BCUT2D eigenvalue weighted by molar-refractivity contribution is -0.132. The standard InChI is InChI=1S/C28H30N2O2S2/c1-3-5-16-30(17-6-4-2)23-13-10-21(11-14-23)12-15-25-19-27-26(34-25)18-24(33-27)9-7-8-22(20-29)28(31)32/h7-15,18-19H,3-6,16-17H2,1-2H3,(H,31,32)/b9-7+,15-12+,22-8+. The lowest BCUT2D eigenvalue weighted by Gasteiger charge is -2.24. The van der Waals surface area contributed by atoms with Gasteiger partial charge in [-0.05, 0) is 60.9 Å². The van der Waals surface area contributed by atoms with E-state index < -0.39 is 5.97 Å². The summed E-state index contributed by atoms with van der Waals surface area (Å²) in [5.74, 6) is -1.21. The Balaban J connectivity index is 1.65. The molecule has 0 bridgehead atoms. The number of allylic oxidation sites excluding steroid dienone is 2. The van der Waals surface area contributed by atoms with Crippen LogP contribution in [0.1, 0.15) is 54.8 Å². The van der Waals surface area contributed by atoms with Gasteiger partial charge in [-0.1, -0.05) is 51.0 Å². The fraction of sp³-hybridized carbons (Fsp3) is 0.286. The fourth-order valence-electron chi connectivity index (χ4n) is 3.48. The van der Waals surface area contributed by atoms with Gasteiger partial charge >= 0.3 is 5.97 Å². The van der Waals surface area contributed by atoms with E-state index in [0.29, 0.717) is 0 Å². The molecule has 6 heteroatoms. The summed E-state index contributed by atoms with van der Waals surface area (Å²) in [5, 5.41) is 17.7. The second-order valence-corrected chi connectivity index (χ2v) is 10.2. The lowest BCUT2D eigenvalue weighted by Crippen LogP contribution is -2.25. The Bertz CT molecular complexity index is 1180. The minimum absolute atomic E-state index is 0.273. The number of aliphatic carboxylic acids is 1. The highest BCUT2D eigenvalue weighted by molar-refractivity contribution is 7.28. The number of thiophene rings is 2. The van der Waals surface area contributed by atoms with Crippen molar-refractivity contribution in [3.8, 4) is 6.07 Å². The van der Waals surface area contributed by atoms with E-state index in [0.717, 1.165) is 18.0 Å². The molecular weight excluding hydrogens is 460 g/mol. The molecule has 0 aliphatic heterocycles. The average molecular weight is 491 g/mol. The highest BCUT2D eigenvalue weighted by atomic mass is 32.1. The van der Waals surface area contributed by atoms with E-state index in [1.54, 1.807) is 34.8 Å². The van der Waals surface area contributed by atoms with Crippen LogP contribution in [-0.2, 0) is 4.79 Å². The molecule has 0 fully saturated rings. The molecule has 0 aliphatic rings. The first-order valence-electron chi connectivity index (χ1n) is 11.6. The second-order valence-electron chi connectivity index (χ2n) is 8.00. The van der Waals surface area contributed by atoms with E-state index in [2.05, 4.69) is 67.3 Å². The van der Waals surface area contributed by atoms with E-state index in [4.69, 9.17) is 10.4 Å². The van der Waals surface area contributed by atoms with Crippen molar-refractivity contribution in [3.05, 3.63) is 69.4 Å². The fourth-order valence-corrected chi connectivity index (χ4v) is 5.71. The number of carbonyl (C=O) groups is 1. The van der Waals surface area contributed by atoms with Crippen molar-refractivity contribution >= 4 is 62.0 Å². The van der Waals surface area contributed by atoms with Crippen molar-refractivity contribution in [2.75, 3.05) is 18.0 Å². The summed E-state index contributed by atoms with van der Waals surface area (Å²) in [5.41, 5.74) is 2.22. The van der Waals surface area contributed by atoms with Crippen LogP contribution in [0.4, 0.5) is 5.69 Å². The minimum Gasteiger partial charge on any atom is -0.477 e. The Hall–Kier alpha value is -3.14. The molecule has 0 atom stereocenters. The second kappa shape index (κ2) is 12.9. The number of anilines is 1. The molecule has 2 aromatic heterocycles. The van der Waals surface area contributed by atoms with Crippen molar-refractivity contribution in [1.82, 2.24) is 0 Å². The van der Waals surface area contributed by atoms with Crippen molar-refractivity contribution in [3.63, 3.8) is 0 Å². The number of hydrogen-bond acceptors (Lipinski definition) is 5. The van der Waals surface area contributed by atoms with Gasteiger partial charge in [0.2, 0.25) is 0 Å². The number of carboxylic acid groups (broad SMARTS) is 1. The molecule has 0 saturated heterocycles. The van der Waals surface area contributed by atoms with Gasteiger partial charge in [0, 0.05) is 37.9 Å². The zero-order valence-electron chi connectivity index (χ0n) is 19.7. The molecule has 1 N–H and O–H groups in total. The molecule has 0 radical (unpaired) electrons. The summed E-state index contributed by atoms with van der Waals surface area (Å²) in [6, 6.07) is 14.8. The predicted octanol–water partition coefficient (Wildman–Crippen LogP) is 8.09. The smallest absolute Gasteiger partial charge is 0.346 e. The third kappa shape index (κ3) is 7.18. The number of hydrogen-bond donors (Lipinski definition) is 1. The lowest BCUT2D eigenvalue weighted by atomic mass is 10.1. The van der Waals surface area contributed by atoms with E-state index >= 15 is 0 Å². The van der Waals surface area contributed by atoms with Crippen molar-refractivity contribution in [2.45, 2.75) is 39.5 Å². The molecule has 3 aromatic rings. The first-order chi connectivity index (χ1) is 16.5. The molecule has 0 saturated carbocycles. The molecule has 3 rings (SSSR count). The van der Waals surface area contributed by atoms with Crippen molar-refractivity contribution in [2.24, 2.45) is 0 Å². The largest absolute Gasteiger partial charge is 0.477 e. The highest BCUT2D eigenvalue weighted by Crippen LogP contribution is 2.34. The number of fused-ring (bicyclic) bond motifs is 1. The van der Waals surface area contributed by atoms with Crippen LogP contribution in [0.3, 0.4) is 0 Å². The molecule has 176 valence electrons. The van der Waals surface area contributed by atoms with Gasteiger partial charge in [0.1, 0.15) is 11.6 Å². The van der Waals surface area contributed by atoms with E-state index in [9.17, 15) is 4.79 Å². The summed E-state index contributed by atoms with van der Waals surface area (Å²) in [4.78, 5) is 15.6. The minimum atomic E-state index is -1.21. The van der Waals surface area contributed by atoms with Gasteiger partial charge < -0.3 is 10.0 Å². The quantitative estimate of drug-likeness (QED) is 0.158. The molecule has 4 nitrogen and oxygen atoms in total. The summed E-state index contributed by atoms with van der Waals surface area (Å²) in [7, 11) is 0. The Morgan fingerprint density at radius 2 is 1.56 bits per heavy atom. The maximum absolute atomic E-state index is 10.9. The topological polar surface area (TPSA) is 64.3 Å². The zero-order chi connectivity index (χ0) is 24.3. The van der Waals surface area contributed by atoms with Gasteiger partial charge in [0.15, 0.2) is 0 Å². The Labute approximate surface area is 209 Å². The number of rotatable bonds is 12. The molecule has 0 unspecified atom stereocenters. The molecule has 0 spiro atoms. The normalized spacial score (nSPS) is 12.1. The highest BCUT2D eigenvalue weighted by Gasteiger charge is 2.07. The number of unbranched alkanes of at least 4 members (excludes halogenated alkanes) is 2. The molecule has 2 heterocycles. The number of nitriles is 1. The van der Waals surface area contributed by atoms with Crippen LogP contribution in [0.15, 0.2) is 54.1 Å². The van der Waals surface area contributed by atoms with Gasteiger partial charge in [-0.25, -0.2) is 4.79 Å². The van der Waals surface area contributed by atoms with E-state index in [1.807, 2.05) is 6.08 Å². The van der Waals surface area contributed by atoms with Gasteiger partial charge in [0.05, 0.1) is 0 Å². The summed E-state index contributed by atoms with van der Waals surface area (Å²) < 4.78 is 2.40. The monoisotopic (exact) mass is 490 g/mol. The summed E-state index contributed by atoms with van der Waals surface area (Å²) >= 11 is 3.38. The summed E-state index contributed by atoms with van der Waals surface area (Å²) in [6.07, 6.45) is 13.9. The maximum Gasteiger partial charge on any atom is 0.346 e. The third-order valence-corrected chi connectivity index (χ3v) is 7.60. The Kier molecular flexibility index (Phi) is 9.69. The Morgan fingerprint density at radius 3 is 2.09 bits per heavy atom. The Morgan fingerprint density at radius 1 is 0.971 bits per heavy atom. The van der Waals surface area contributed by atoms with Crippen LogP contribution >= 0.6 is 22.7 Å². The zero-order valence-corrected chi connectivity index (χ0v) is 21.3. The third-order valence-electron chi connectivity index (χ3n) is 5.38. The van der Waals surface area contributed by atoms with Crippen LogP contribution in [0.2, 0.25) is 0 Å². The van der Waals surface area contributed by atoms with Crippen LogP contribution in [0, 0.1) is 11.3 Å². The SMILES string of the molecule is CCCCN(CCCC)c1ccc(/C=C/c2cc3sc(/C=C/C=C(\C#N)C(=O)O)cc3s2)cc1. The van der Waals surface area contributed by atoms with Crippen LogP contribution in [0.5, 0.6) is 0 Å². The first-order valence-corrected chi connectivity index (χ1v) is 13.3.